The van der Waals surface area contributed by atoms with Crippen molar-refractivity contribution >= 4 is 17.5 Å². The molecule has 2 atom stereocenters. The van der Waals surface area contributed by atoms with Gasteiger partial charge in [0.25, 0.3) is 0 Å². The highest BCUT2D eigenvalue weighted by Crippen LogP contribution is 2.30. The molecule has 3 heterocycles. The molecular formula is C12H18ClN5O. The molecule has 1 N–H and O–H groups in total. The Morgan fingerprint density at radius 2 is 1.89 bits per heavy atom. The lowest BCUT2D eigenvalue weighted by Crippen LogP contribution is -2.47. The summed E-state index contributed by atoms with van der Waals surface area (Å²) in [5.41, 5.74) is 0. The number of hydrogen-bond donors (Lipinski definition) is 1. The number of piperidine rings is 1. The summed E-state index contributed by atoms with van der Waals surface area (Å²) in [6.07, 6.45) is 4.80. The van der Waals surface area contributed by atoms with E-state index in [0.717, 1.165) is 12.8 Å². The molecule has 104 valence electrons. The van der Waals surface area contributed by atoms with Crippen molar-refractivity contribution in [3.63, 3.8) is 0 Å². The normalized spacial score (nSPS) is 29.3. The average Bonchev–Trinajstić information content (AvgIpc) is 2.75. The van der Waals surface area contributed by atoms with E-state index in [1.165, 1.54) is 20.0 Å². The quantitative estimate of drug-likeness (QED) is 0.901. The molecule has 2 aliphatic heterocycles. The second kappa shape index (κ2) is 5.09. The van der Waals surface area contributed by atoms with E-state index in [4.69, 9.17) is 16.3 Å². The van der Waals surface area contributed by atoms with Gasteiger partial charge in [-0.2, -0.15) is 15.0 Å². The lowest BCUT2D eigenvalue weighted by molar-refractivity contribution is 0.349. The van der Waals surface area contributed by atoms with Crippen molar-refractivity contribution in [3.05, 3.63) is 5.28 Å². The first-order valence-electron chi connectivity index (χ1n) is 6.60. The van der Waals surface area contributed by atoms with Crippen LogP contribution in [0.1, 0.15) is 25.7 Å². The zero-order valence-corrected chi connectivity index (χ0v) is 11.9. The summed E-state index contributed by atoms with van der Waals surface area (Å²) in [4.78, 5) is 14.5. The van der Waals surface area contributed by atoms with E-state index in [0.29, 0.717) is 24.1 Å². The van der Waals surface area contributed by atoms with Crippen LogP contribution in [0.3, 0.4) is 0 Å². The first-order chi connectivity index (χ1) is 9.15. The third-order valence-electron chi connectivity index (χ3n) is 4.07. The molecule has 0 amide bonds. The smallest absolute Gasteiger partial charge is 0.322 e. The minimum Gasteiger partial charge on any atom is -0.467 e. The second-order valence-corrected chi connectivity index (χ2v) is 5.60. The van der Waals surface area contributed by atoms with Gasteiger partial charge in [0.2, 0.25) is 11.2 Å². The van der Waals surface area contributed by atoms with Gasteiger partial charge in [0.05, 0.1) is 7.11 Å². The maximum Gasteiger partial charge on any atom is 0.322 e. The fourth-order valence-electron chi connectivity index (χ4n) is 3.08. The Morgan fingerprint density at radius 1 is 1.21 bits per heavy atom. The van der Waals surface area contributed by atoms with Gasteiger partial charge < -0.3 is 15.0 Å². The standard InChI is InChI=1S/C12H18ClN5O/c1-18(9-5-7-3-4-8(6-9)14-7)11-15-10(13)16-12(17-11)19-2/h7-9,14H,3-6H2,1-2H3. The number of nitrogens with zero attached hydrogens (tertiary/aromatic N) is 4. The van der Waals surface area contributed by atoms with Crippen molar-refractivity contribution in [1.82, 2.24) is 20.3 Å². The number of methoxy groups -OCH3 is 1. The third kappa shape index (κ3) is 2.60. The van der Waals surface area contributed by atoms with Crippen LogP contribution in [0.4, 0.5) is 5.95 Å². The molecule has 0 saturated carbocycles. The van der Waals surface area contributed by atoms with E-state index in [1.54, 1.807) is 0 Å². The van der Waals surface area contributed by atoms with Gasteiger partial charge in [-0.3, -0.25) is 0 Å². The lowest BCUT2D eigenvalue weighted by Gasteiger charge is -2.35. The van der Waals surface area contributed by atoms with Gasteiger partial charge in [-0.05, 0) is 37.3 Å². The van der Waals surface area contributed by atoms with Crippen LogP contribution in [0.15, 0.2) is 0 Å². The molecule has 2 bridgehead atoms. The minimum absolute atomic E-state index is 0.172. The fourth-order valence-corrected chi connectivity index (χ4v) is 3.23. The van der Waals surface area contributed by atoms with Crippen molar-refractivity contribution in [2.24, 2.45) is 0 Å². The number of ether oxygens (including phenoxy) is 1. The highest BCUT2D eigenvalue weighted by Gasteiger charge is 2.35. The first-order valence-corrected chi connectivity index (χ1v) is 6.98. The third-order valence-corrected chi connectivity index (χ3v) is 4.24. The maximum absolute atomic E-state index is 5.90. The minimum atomic E-state index is 0.172. The predicted molar refractivity (Wildman–Crippen MR) is 72.8 cm³/mol. The predicted octanol–water partition coefficient (Wildman–Crippen LogP) is 1.25. The van der Waals surface area contributed by atoms with Crippen LogP contribution < -0.4 is 15.0 Å². The summed E-state index contributed by atoms with van der Waals surface area (Å²) >= 11 is 5.90. The molecule has 0 spiro atoms. The Bertz CT molecular complexity index is 459. The first kappa shape index (κ1) is 12.9. The van der Waals surface area contributed by atoms with Crippen LogP contribution in [0.2, 0.25) is 5.28 Å². The van der Waals surface area contributed by atoms with Gasteiger partial charge >= 0.3 is 6.01 Å². The van der Waals surface area contributed by atoms with Gasteiger partial charge in [-0.25, -0.2) is 0 Å². The Hall–Kier alpha value is -1.14. The number of fused-ring (bicyclic) bond motifs is 2. The van der Waals surface area contributed by atoms with Crippen LogP contribution >= 0.6 is 11.6 Å². The molecule has 1 aromatic heterocycles. The molecule has 2 aliphatic rings. The van der Waals surface area contributed by atoms with E-state index < -0.39 is 0 Å². The van der Waals surface area contributed by atoms with Crippen LogP contribution in [-0.2, 0) is 0 Å². The number of nitrogens with one attached hydrogen (secondary N) is 1. The molecule has 19 heavy (non-hydrogen) atoms. The molecule has 0 aliphatic carbocycles. The molecule has 2 unspecified atom stereocenters. The van der Waals surface area contributed by atoms with Gasteiger partial charge in [0.15, 0.2) is 0 Å². The zero-order chi connectivity index (χ0) is 13.4. The number of aromatic nitrogens is 3. The van der Waals surface area contributed by atoms with Crippen molar-refractivity contribution < 1.29 is 4.74 Å². The average molecular weight is 284 g/mol. The summed E-state index contributed by atoms with van der Waals surface area (Å²) in [6, 6.07) is 1.97. The van der Waals surface area contributed by atoms with Gasteiger partial charge in [-0.15, -0.1) is 0 Å². The van der Waals surface area contributed by atoms with Crippen LogP contribution in [-0.4, -0.2) is 47.2 Å². The van der Waals surface area contributed by atoms with Crippen molar-refractivity contribution in [1.29, 1.82) is 0 Å². The zero-order valence-electron chi connectivity index (χ0n) is 11.1. The Labute approximate surface area is 117 Å². The van der Waals surface area contributed by atoms with Crippen molar-refractivity contribution in [3.8, 4) is 6.01 Å². The molecule has 1 aromatic rings. The molecular weight excluding hydrogens is 266 g/mol. The molecule has 2 saturated heterocycles. The SMILES string of the molecule is COc1nc(Cl)nc(N(C)C2CC3CCC(C2)N3)n1. The molecule has 0 aromatic carbocycles. The fraction of sp³-hybridized carbons (Fsp3) is 0.750. The summed E-state index contributed by atoms with van der Waals surface area (Å²) < 4.78 is 5.04. The second-order valence-electron chi connectivity index (χ2n) is 5.27. The molecule has 3 rings (SSSR count). The van der Waals surface area contributed by atoms with Crippen molar-refractivity contribution in [2.45, 2.75) is 43.8 Å². The van der Waals surface area contributed by atoms with Gasteiger partial charge in [-0.1, -0.05) is 0 Å². The summed E-state index contributed by atoms with van der Waals surface area (Å²) in [5.74, 6) is 0.586. The van der Waals surface area contributed by atoms with Gasteiger partial charge in [0.1, 0.15) is 0 Å². The van der Waals surface area contributed by atoms with Gasteiger partial charge in [0, 0.05) is 25.2 Å². The van der Waals surface area contributed by atoms with E-state index >= 15 is 0 Å². The topological polar surface area (TPSA) is 63.2 Å². The van der Waals surface area contributed by atoms with E-state index in [2.05, 4.69) is 25.2 Å². The number of hydrogen-bond acceptors (Lipinski definition) is 6. The largest absolute Gasteiger partial charge is 0.467 e. The summed E-state index contributed by atoms with van der Waals surface area (Å²) in [7, 11) is 3.54. The Balaban J connectivity index is 1.79. The molecule has 2 fully saturated rings. The molecule has 7 heteroatoms. The molecule has 0 radical (unpaired) electrons. The van der Waals surface area contributed by atoms with Crippen LogP contribution in [0.5, 0.6) is 6.01 Å². The van der Waals surface area contributed by atoms with E-state index in [9.17, 15) is 0 Å². The number of anilines is 1. The summed E-state index contributed by atoms with van der Waals surface area (Å²) in [6.45, 7) is 0. The maximum atomic E-state index is 5.90. The molecule has 6 nitrogen and oxygen atoms in total. The monoisotopic (exact) mass is 283 g/mol. The van der Waals surface area contributed by atoms with Crippen LogP contribution in [0, 0.1) is 0 Å². The number of halogens is 1. The lowest BCUT2D eigenvalue weighted by atomic mass is 9.99. The Morgan fingerprint density at radius 3 is 2.53 bits per heavy atom. The van der Waals surface area contributed by atoms with E-state index in [1.807, 2.05) is 7.05 Å². The summed E-state index contributed by atoms with van der Waals surface area (Å²) in [5, 5.41) is 3.80. The Kier molecular flexibility index (Phi) is 3.45. The van der Waals surface area contributed by atoms with Crippen LogP contribution in [0.25, 0.3) is 0 Å². The van der Waals surface area contributed by atoms with E-state index in [-0.39, 0.29) is 11.3 Å². The highest BCUT2D eigenvalue weighted by molar-refractivity contribution is 6.28. The highest BCUT2D eigenvalue weighted by atomic mass is 35.5. The number of rotatable bonds is 3. The van der Waals surface area contributed by atoms with Crippen molar-refractivity contribution in [2.75, 3.05) is 19.1 Å².